The fourth-order valence-electron chi connectivity index (χ4n) is 2.20. The predicted molar refractivity (Wildman–Crippen MR) is 43.6 cm³/mol. The largest absolute Gasteiger partial charge is 0.390 e. The Morgan fingerprint density at radius 2 is 1.83 bits per heavy atom. The highest BCUT2D eigenvalue weighted by molar-refractivity contribution is 4.96. The van der Waals surface area contributed by atoms with Crippen molar-refractivity contribution in [2.45, 2.75) is 51.3 Å². The molecule has 3 nitrogen and oxygen atoms in total. The lowest BCUT2D eigenvalue weighted by Gasteiger charge is -2.20. The number of ether oxygens (including phenoxy) is 2. The van der Waals surface area contributed by atoms with Crippen LogP contribution in [-0.2, 0) is 9.47 Å². The van der Waals surface area contributed by atoms with Crippen LogP contribution < -0.4 is 0 Å². The second kappa shape index (κ2) is 2.44. The summed E-state index contributed by atoms with van der Waals surface area (Å²) in [5.74, 6) is -0.0999. The van der Waals surface area contributed by atoms with Crippen LogP contribution in [0.25, 0.3) is 0 Å². The van der Waals surface area contributed by atoms with Crippen LogP contribution in [0.5, 0.6) is 0 Å². The highest BCUT2D eigenvalue weighted by Crippen LogP contribution is 2.41. The first-order valence-corrected chi connectivity index (χ1v) is 4.53. The Balaban J connectivity index is 2.15. The molecule has 1 saturated heterocycles. The lowest BCUT2D eigenvalue weighted by molar-refractivity contribution is -0.165. The van der Waals surface area contributed by atoms with Crippen molar-refractivity contribution in [3.8, 4) is 0 Å². The first-order valence-electron chi connectivity index (χ1n) is 4.53. The van der Waals surface area contributed by atoms with Crippen molar-refractivity contribution in [1.29, 1.82) is 0 Å². The van der Waals surface area contributed by atoms with E-state index in [9.17, 15) is 5.11 Å². The zero-order valence-electron chi connectivity index (χ0n) is 7.78. The van der Waals surface area contributed by atoms with Crippen molar-refractivity contribution in [1.82, 2.24) is 0 Å². The van der Waals surface area contributed by atoms with E-state index in [4.69, 9.17) is 9.47 Å². The number of hydrogen-bond acceptors (Lipinski definition) is 3. The van der Waals surface area contributed by atoms with Crippen LogP contribution in [0.2, 0.25) is 0 Å². The fourth-order valence-corrected chi connectivity index (χ4v) is 2.20. The van der Waals surface area contributed by atoms with Crippen LogP contribution in [0.15, 0.2) is 0 Å². The standard InChI is InChI=1S/C9H16O3/c1-5-4-6(10)8-7(5)11-9(2,3)12-8/h5-8,10H,4H2,1-3H3/t5-,6-,7+,8-/m1/s1. The summed E-state index contributed by atoms with van der Waals surface area (Å²) < 4.78 is 11.3. The van der Waals surface area contributed by atoms with Crippen molar-refractivity contribution in [3.05, 3.63) is 0 Å². The molecule has 70 valence electrons. The number of fused-ring (bicyclic) bond motifs is 1. The van der Waals surface area contributed by atoms with Crippen molar-refractivity contribution < 1.29 is 14.6 Å². The van der Waals surface area contributed by atoms with E-state index in [0.29, 0.717) is 5.92 Å². The van der Waals surface area contributed by atoms with Crippen LogP contribution in [0.4, 0.5) is 0 Å². The van der Waals surface area contributed by atoms with Gasteiger partial charge in [0.25, 0.3) is 0 Å². The molecule has 2 aliphatic rings. The molecule has 3 heteroatoms. The van der Waals surface area contributed by atoms with Gasteiger partial charge in [-0.15, -0.1) is 0 Å². The van der Waals surface area contributed by atoms with Gasteiger partial charge in [-0.05, 0) is 26.2 Å². The van der Waals surface area contributed by atoms with Crippen LogP contribution in [0, 0.1) is 5.92 Å². The summed E-state index contributed by atoms with van der Waals surface area (Å²) in [4.78, 5) is 0. The summed E-state index contributed by atoms with van der Waals surface area (Å²) >= 11 is 0. The van der Waals surface area contributed by atoms with Gasteiger partial charge >= 0.3 is 0 Å². The molecule has 0 spiro atoms. The molecule has 12 heavy (non-hydrogen) atoms. The average Bonchev–Trinajstić information content (AvgIpc) is 2.34. The monoisotopic (exact) mass is 172 g/mol. The minimum atomic E-state index is -0.509. The molecule has 0 bridgehead atoms. The van der Waals surface area contributed by atoms with Crippen LogP contribution in [0.1, 0.15) is 27.2 Å². The molecule has 1 aliphatic carbocycles. The molecule has 0 aromatic rings. The molecule has 0 amide bonds. The Bertz CT molecular complexity index is 172. The maximum Gasteiger partial charge on any atom is 0.163 e. The maximum atomic E-state index is 9.60. The molecular formula is C9H16O3. The van der Waals surface area contributed by atoms with E-state index in [1.54, 1.807) is 0 Å². The molecule has 2 rings (SSSR count). The Morgan fingerprint density at radius 3 is 2.42 bits per heavy atom. The van der Waals surface area contributed by atoms with Crippen molar-refractivity contribution in [2.24, 2.45) is 5.92 Å². The zero-order chi connectivity index (χ0) is 8.93. The molecule has 0 aromatic heterocycles. The minimum Gasteiger partial charge on any atom is -0.390 e. The fraction of sp³-hybridized carbons (Fsp3) is 1.00. The second-order valence-electron chi connectivity index (χ2n) is 4.35. The summed E-state index contributed by atoms with van der Waals surface area (Å²) in [6.07, 6.45) is 0.447. The summed E-state index contributed by atoms with van der Waals surface area (Å²) in [7, 11) is 0. The Kier molecular flexibility index (Phi) is 1.72. The van der Waals surface area contributed by atoms with Crippen molar-refractivity contribution in [3.63, 3.8) is 0 Å². The number of hydrogen-bond donors (Lipinski definition) is 1. The van der Waals surface area contributed by atoms with Gasteiger partial charge in [0.05, 0.1) is 12.2 Å². The molecule has 1 N–H and O–H groups in total. The van der Waals surface area contributed by atoms with E-state index in [0.717, 1.165) is 6.42 Å². The zero-order valence-corrected chi connectivity index (χ0v) is 7.78. The quantitative estimate of drug-likeness (QED) is 0.590. The van der Waals surface area contributed by atoms with E-state index >= 15 is 0 Å². The molecule has 0 unspecified atom stereocenters. The van der Waals surface area contributed by atoms with Gasteiger partial charge in [0.2, 0.25) is 0 Å². The van der Waals surface area contributed by atoms with Gasteiger partial charge in [0, 0.05) is 0 Å². The second-order valence-corrected chi connectivity index (χ2v) is 4.35. The molecule has 1 aliphatic heterocycles. The average molecular weight is 172 g/mol. The topological polar surface area (TPSA) is 38.7 Å². The van der Waals surface area contributed by atoms with Gasteiger partial charge in [-0.25, -0.2) is 0 Å². The lowest BCUT2D eigenvalue weighted by atomic mass is 10.1. The molecule has 0 aromatic carbocycles. The number of aliphatic hydroxyl groups excluding tert-OH is 1. The highest BCUT2D eigenvalue weighted by Gasteiger charge is 2.51. The normalized spacial score (nSPS) is 51.0. The van der Waals surface area contributed by atoms with Crippen LogP contribution >= 0.6 is 0 Å². The third kappa shape index (κ3) is 1.16. The van der Waals surface area contributed by atoms with E-state index in [1.165, 1.54) is 0 Å². The van der Waals surface area contributed by atoms with Crippen LogP contribution in [0.3, 0.4) is 0 Å². The third-order valence-corrected chi connectivity index (χ3v) is 2.72. The number of aliphatic hydroxyl groups is 1. The molecule has 4 atom stereocenters. The Labute approximate surface area is 72.7 Å². The third-order valence-electron chi connectivity index (χ3n) is 2.72. The maximum absolute atomic E-state index is 9.60. The van der Waals surface area contributed by atoms with Crippen LogP contribution in [-0.4, -0.2) is 29.2 Å². The van der Waals surface area contributed by atoms with Gasteiger partial charge in [0.15, 0.2) is 5.79 Å². The van der Waals surface area contributed by atoms with E-state index in [-0.39, 0.29) is 18.3 Å². The predicted octanol–water partition coefficient (Wildman–Crippen LogP) is 0.907. The van der Waals surface area contributed by atoms with Gasteiger partial charge < -0.3 is 14.6 Å². The highest BCUT2D eigenvalue weighted by atomic mass is 16.8. The molecule has 2 fully saturated rings. The summed E-state index contributed by atoms with van der Waals surface area (Å²) in [5, 5.41) is 9.60. The van der Waals surface area contributed by atoms with Crippen molar-refractivity contribution >= 4 is 0 Å². The molecule has 1 saturated carbocycles. The Morgan fingerprint density at radius 1 is 1.25 bits per heavy atom. The van der Waals surface area contributed by atoms with E-state index in [2.05, 4.69) is 6.92 Å². The van der Waals surface area contributed by atoms with Gasteiger partial charge in [-0.3, -0.25) is 0 Å². The summed E-state index contributed by atoms with van der Waals surface area (Å²) in [5.41, 5.74) is 0. The van der Waals surface area contributed by atoms with E-state index < -0.39 is 5.79 Å². The van der Waals surface area contributed by atoms with E-state index in [1.807, 2.05) is 13.8 Å². The summed E-state index contributed by atoms with van der Waals surface area (Å²) in [6.45, 7) is 5.88. The minimum absolute atomic E-state index is 0.0926. The smallest absolute Gasteiger partial charge is 0.163 e. The molecule has 1 heterocycles. The Hall–Kier alpha value is -0.120. The lowest BCUT2D eigenvalue weighted by Crippen LogP contribution is -2.28. The summed E-state index contributed by atoms with van der Waals surface area (Å²) in [6, 6.07) is 0. The number of rotatable bonds is 0. The first kappa shape index (κ1) is 8.48. The van der Waals surface area contributed by atoms with Gasteiger partial charge in [-0.1, -0.05) is 6.92 Å². The first-order chi connectivity index (χ1) is 5.49. The SMILES string of the molecule is C[C@@H]1C[C@@H](O)[C@H]2OC(C)(C)O[C@H]21. The van der Waals surface area contributed by atoms with Crippen molar-refractivity contribution in [2.75, 3.05) is 0 Å². The van der Waals surface area contributed by atoms with Gasteiger partial charge in [0.1, 0.15) is 6.10 Å². The molecule has 0 radical (unpaired) electrons. The van der Waals surface area contributed by atoms with Gasteiger partial charge in [-0.2, -0.15) is 0 Å². The molecular weight excluding hydrogens is 156 g/mol.